The van der Waals surface area contributed by atoms with Crippen molar-refractivity contribution in [3.63, 3.8) is 0 Å². The predicted molar refractivity (Wildman–Crippen MR) is 95.9 cm³/mol. The molecule has 0 saturated heterocycles. The fourth-order valence-electron chi connectivity index (χ4n) is 3.56. The Labute approximate surface area is 183 Å². The first kappa shape index (κ1) is 19.9. The average Bonchev–Trinajstić information content (AvgIpc) is 3.02. The van der Waals surface area contributed by atoms with Crippen molar-refractivity contribution in [2.24, 2.45) is 0 Å². The van der Waals surface area contributed by atoms with Crippen molar-refractivity contribution in [1.82, 2.24) is 4.98 Å². The fraction of sp³-hybridized carbons (Fsp3) is 0.211. The van der Waals surface area contributed by atoms with E-state index in [4.69, 9.17) is 11.6 Å². The fourth-order valence-corrected chi connectivity index (χ4v) is 3.73. The maximum absolute atomic E-state index is 13.0. The minimum absolute atomic E-state index is 0. The van der Waals surface area contributed by atoms with Crippen molar-refractivity contribution in [2.45, 2.75) is 18.4 Å². The molecule has 0 saturated carbocycles. The van der Waals surface area contributed by atoms with Crippen molar-refractivity contribution < 1.29 is 44.3 Å². The Morgan fingerprint density at radius 2 is 2.15 bits per heavy atom. The molecule has 0 radical (unpaired) electrons. The normalized spacial score (nSPS) is 21.0. The zero-order chi connectivity index (χ0) is 18.3. The van der Waals surface area contributed by atoms with E-state index in [0.29, 0.717) is 28.5 Å². The average molecular weight is 392 g/mol. The summed E-state index contributed by atoms with van der Waals surface area (Å²) in [5.41, 5.74) is 2.78. The molecule has 2 aromatic rings. The number of carbonyl (C=O) groups is 2. The number of nitrogens with one attached hydrogen (secondary N) is 1. The topological polar surface area (TPSA) is 85.4 Å². The van der Waals surface area contributed by atoms with Crippen LogP contribution >= 0.6 is 11.6 Å². The smallest absolute Gasteiger partial charge is 0.548 e. The van der Waals surface area contributed by atoms with E-state index in [2.05, 4.69) is 10.3 Å². The monoisotopic (exact) mass is 391 g/mol. The predicted octanol–water partition coefficient (Wildman–Crippen LogP) is -1.27. The van der Waals surface area contributed by atoms with Crippen LogP contribution in [0, 0.1) is 0 Å². The summed E-state index contributed by atoms with van der Waals surface area (Å²) in [6.07, 6.45) is 5.38. The number of carbonyl (C=O) groups excluding carboxylic acids is 2. The number of rotatable bonds is 3. The van der Waals surface area contributed by atoms with E-state index in [-0.39, 0.29) is 47.8 Å². The molecule has 0 spiro atoms. The summed E-state index contributed by atoms with van der Waals surface area (Å²) in [4.78, 5) is 30.1. The first-order chi connectivity index (χ1) is 12.5. The SMILES string of the molecule is O=C([O-])C1CC(C2=CCN(c3cccnc3)C2=O)c2ccc(Cl)cc2N1.[Na+]. The van der Waals surface area contributed by atoms with Crippen LogP contribution < -0.4 is 44.9 Å². The molecule has 1 amide bonds. The largest absolute Gasteiger partial charge is 1.00 e. The van der Waals surface area contributed by atoms with Gasteiger partial charge in [-0.05, 0) is 36.2 Å². The van der Waals surface area contributed by atoms with Gasteiger partial charge in [0.1, 0.15) is 0 Å². The van der Waals surface area contributed by atoms with Gasteiger partial charge in [0.2, 0.25) is 0 Å². The zero-order valence-electron chi connectivity index (χ0n) is 14.7. The molecule has 1 N–H and O–H groups in total. The number of halogens is 1. The van der Waals surface area contributed by atoms with Gasteiger partial charge in [-0.25, -0.2) is 0 Å². The summed E-state index contributed by atoms with van der Waals surface area (Å²) in [6, 6.07) is 7.97. The van der Waals surface area contributed by atoms with E-state index in [1.807, 2.05) is 18.2 Å². The van der Waals surface area contributed by atoms with E-state index in [9.17, 15) is 14.7 Å². The molecule has 0 bridgehead atoms. The molecule has 0 fully saturated rings. The second-order valence-electron chi connectivity index (χ2n) is 6.32. The second kappa shape index (κ2) is 8.02. The van der Waals surface area contributed by atoms with E-state index in [0.717, 1.165) is 5.56 Å². The van der Waals surface area contributed by atoms with Crippen molar-refractivity contribution >= 4 is 34.9 Å². The number of carboxylic acids is 1. The standard InChI is InChI=1S/C19H16ClN3O3.Na/c20-11-3-4-13-15(9-17(19(25)26)22-16(13)8-11)14-5-7-23(18(14)24)12-2-1-6-21-10-12;/h1-6,8,10,15,17,22H,7,9H2,(H,25,26);/q;+1/p-1. The van der Waals surface area contributed by atoms with Gasteiger partial charge in [0.25, 0.3) is 5.91 Å². The molecule has 1 aromatic carbocycles. The van der Waals surface area contributed by atoms with Gasteiger partial charge in [-0.15, -0.1) is 0 Å². The van der Waals surface area contributed by atoms with Crippen LogP contribution in [0.25, 0.3) is 0 Å². The van der Waals surface area contributed by atoms with Gasteiger partial charge in [-0.1, -0.05) is 23.7 Å². The van der Waals surface area contributed by atoms with Crippen LogP contribution in [0.3, 0.4) is 0 Å². The molecule has 2 unspecified atom stereocenters. The number of amides is 1. The molecule has 4 rings (SSSR count). The van der Waals surface area contributed by atoms with Crippen LogP contribution in [0.1, 0.15) is 17.9 Å². The number of hydrogen-bond acceptors (Lipinski definition) is 5. The number of aliphatic carboxylic acids is 1. The van der Waals surface area contributed by atoms with Gasteiger partial charge < -0.3 is 20.1 Å². The molecule has 132 valence electrons. The van der Waals surface area contributed by atoms with Gasteiger partial charge in [-0.3, -0.25) is 9.78 Å². The maximum atomic E-state index is 13.0. The number of pyridine rings is 1. The number of benzene rings is 1. The number of hydrogen-bond donors (Lipinski definition) is 1. The number of fused-ring (bicyclic) bond motifs is 1. The summed E-state index contributed by atoms with van der Waals surface area (Å²) in [5.74, 6) is -1.67. The number of anilines is 2. The van der Waals surface area contributed by atoms with Crippen LogP contribution in [0.4, 0.5) is 11.4 Å². The van der Waals surface area contributed by atoms with Crippen LogP contribution in [-0.4, -0.2) is 29.4 Å². The van der Waals surface area contributed by atoms with Gasteiger partial charge >= 0.3 is 29.6 Å². The Hall–Kier alpha value is -1.86. The Bertz CT molecular complexity index is 920. The maximum Gasteiger partial charge on any atom is 1.00 e. The Morgan fingerprint density at radius 3 is 2.85 bits per heavy atom. The Kier molecular flexibility index (Phi) is 5.91. The Morgan fingerprint density at radius 1 is 1.33 bits per heavy atom. The second-order valence-corrected chi connectivity index (χ2v) is 6.76. The molecule has 0 aliphatic carbocycles. The molecule has 2 atom stereocenters. The van der Waals surface area contributed by atoms with E-state index >= 15 is 0 Å². The molecule has 2 aliphatic rings. The molecule has 6 nitrogen and oxygen atoms in total. The third kappa shape index (κ3) is 3.75. The third-order valence-electron chi connectivity index (χ3n) is 4.80. The van der Waals surface area contributed by atoms with Crippen molar-refractivity contribution in [3.05, 3.63) is 65.0 Å². The van der Waals surface area contributed by atoms with Crippen LogP contribution in [0.15, 0.2) is 54.4 Å². The first-order valence-corrected chi connectivity index (χ1v) is 8.61. The summed E-state index contributed by atoms with van der Waals surface area (Å²) in [6.45, 7) is 0.433. The Balaban J connectivity index is 0.00000210. The van der Waals surface area contributed by atoms with Gasteiger partial charge in [0.05, 0.1) is 23.9 Å². The van der Waals surface area contributed by atoms with Gasteiger partial charge in [0.15, 0.2) is 0 Å². The minimum atomic E-state index is -1.20. The minimum Gasteiger partial charge on any atom is -0.548 e. The van der Waals surface area contributed by atoms with Crippen molar-refractivity contribution in [1.29, 1.82) is 0 Å². The van der Waals surface area contributed by atoms with E-state index < -0.39 is 12.0 Å². The van der Waals surface area contributed by atoms with Crippen molar-refractivity contribution in [3.8, 4) is 0 Å². The van der Waals surface area contributed by atoms with Gasteiger partial charge in [-0.2, -0.15) is 0 Å². The molecule has 1 aromatic heterocycles. The van der Waals surface area contributed by atoms with Crippen LogP contribution in [0.2, 0.25) is 5.02 Å². The summed E-state index contributed by atoms with van der Waals surface area (Å²) in [7, 11) is 0. The number of carboxylic acid groups (broad SMARTS) is 1. The molecular formula is C19H15ClN3NaO3. The van der Waals surface area contributed by atoms with E-state index in [1.165, 1.54) is 0 Å². The summed E-state index contributed by atoms with van der Waals surface area (Å²) < 4.78 is 0. The summed E-state index contributed by atoms with van der Waals surface area (Å²) >= 11 is 6.04. The van der Waals surface area contributed by atoms with Gasteiger partial charge in [0, 0.05) is 34.9 Å². The molecular weight excluding hydrogens is 377 g/mol. The quantitative estimate of drug-likeness (QED) is 0.659. The van der Waals surface area contributed by atoms with Crippen molar-refractivity contribution in [2.75, 3.05) is 16.8 Å². The van der Waals surface area contributed by atoms with Crippen LogP contribution in [-0.2, 0) is 9.59 Å². The molecule has 2 aliphatic heterocycles. The van der Waals surface area contributed by atoms with E-state index in [1.54, 1.807) is 35.5 Å². The third-order valence-corrected chi connectivity index (χ3v) is 5.03. The summed E-state index contributed by atoms with van der Waals surface area (Å²) in [5, 5.41) is 14.9. The van der Waals surface area contributed by atoms with Crippen LogP contribution in [0.5, 0.6) is 0 Å². The first-order valence-electron chi connectivity index (χ1n) is 8.23. The number of nitrogens with zero attached hydrogens (tertiary/aromatic N) is 2. The molecule has 8 heteroatoms. The number of aromatic nitrogens is 1. The molecule has 27 heavy (non-hydrogen) atoms. The molecule has 3 heterocycles. The zero-order valence-corrected chi connectivity index (χ0v) is 17.4.